The first-order chi connectivity index (χ1) is 14.4. The second-order valence-corrected chi connectivity index (χ2v) is 7.32. The zero-order valence-corrected chi connectivity index (χ0v) is 17.4. The van der Waals surface area contributed by atoms with Gasteiger partial charge in [-0.1, -0.05) is 50.2 Å². The van der Waals surface area contributed by atoms with Crippen LogP contribution in [0.1, 0.15) is 49.0 Å². The molecule has 160 valence electrons. The minimum absolute atomic E-state index is 0.0285. The van der Waals surface area contributed by atoms with Crippen LogP contribution in [0.4, 0.5) is 0 Å². The maximum atomic E-state index is 12.2. The molecule has 0 aliphatic heterocycles. The van der Waals surface area contributed by atoms with E-state index >= 15 is 0 Å². The number of rotatable bonds is 10. The molecule has 0 saturated carbocycles. The summed E-state index contributed by atoms with van der Waals surface area (Å²) >= 11 is 0. The smallest absolute Gasteiger partial charge is 0.269 e. The Morgan fingerprint density at radius 2 is 1.63 bits per heavy atom. The van der Waals surface area contributed by atoms with Crippen LogP contribution < -0.4 is 20.9 Å². The van der Waals surface area contributed by atoms with Crippen molar-refractivity contribution < 1.29 is 19.1 Å². The molecule has 0 aliphatic rings. The van der Waals surface area contributed by atoms with Gasteiger partial charge < -0.3 is 10.1 Å². The van der Waals surface area contributed by atoms with Gasteiger partial charge in [0, 0.05) is 24.9 Å². The van der Waals surface area contributed by atoms with Crippen molar-refractivity contribution in [3.05, 3.63) is 65.7 Å². The fraction of sp³-hybridized carbons (Fsp3) is 0.348. The molecule has 0 bridgehead atoms. The SMILES string of the molecule is CC(C)CCOc1cccc(C(=O)NNC(=O)CCC(=O)NCc2ccccc2)c1. The molecule has 3 amide bonds. The normalized spacial score (nSPS) is 10.4. The maximum Gasteiger partial charge on any atom is 0.269 e. The molecule has 0 atom stereocenters. The molecule has 0 saturated heterocycles. The van der Waals surface area contributed by atoms with Gasteiger partial charge >= 0.3 is 0 Å². The summed E-state index contributed by atoms with van der Waals surface area (Å²) in [5.74, 6) is 0.0112. The number of benzene rings is 2. The van der Waals surface area contributed by atoms with Gasteiger partial charge in [0.05, 0.1) is 6.61 Å². The Kier molecular flexibility index (Phi) is 9.37. The van der Waals surface area contributed by atoms with Gasteiger partial charge in [0.1, 0.15) is 5.75 Å². The van der Waals surface area contributed by atoms with E-state index in [-0.39, 0.29) is 18.7 Å². The van der Waals surface area contributed by atoms with Crippen molar-refractivity contribution in [1.29, 1.82) is 0 Å². The maximum absolute atomic E-state index is 12.2. The summed E-state index contributed by atoms with van der Waals surface area (Å²) in [5, 5.41) is 2.75. The van der Waals surface area contributed by atoms with Crippen LogP contribution in [0.25, 0.3) is 0 Å². The summed E-state index contributed by atoms with van der Waals surface area (Å²) in [6.07, 6.45) is 0.929. The monoisotopic (exact) mass is 411 g/mol. The van der Waals surface area contributed by atoms with E-state index in [0.717, 1.165) is 12.0 Å². The molecule has 0 heterocycles. The minimum atomic E-state index is -0.453. The van der Waals surface area contributed by atoms with Crippen LogP contribution in [-0.4, -0.2) is 24.3 Å². The Bertz CT molecular complexity index is 837. The van der Waals surface area contributed by atoms with Gasteiger partial charge in [0.15, 0.2) is 0 Å². The van der Waals surface area contributed by atoms with E-state index in [4.69, 9.17) is 4.74 Å². The number of carbonyl (C=O) groups excluding carboxylic acids is 3. The van der Waals surface area contributed by atoms with Crippen molar-refractivity contribution in [2.45, 2.75) is 39.7 Å². The molecule has 3 N–H and O–H groups in total. The van der Waals surface area contributed by atoms with Crippen LogP contribution in [-0.2, 0) is 16.1 Å². The third-order valence-electron chi connectivity index (χ3n) is 4.29. The molecule has 7 nitrogen and oxygen atoms in total. The zero-order valence-electron chi connectivity index (χ0n) is 17.4. The molecule has 7 heteroatoms. The van der Waals surface area contributed by atoms with Gasteiger partial charge in [-0.2, -0.15) is 0 Å². The molecule has 2 aromatic rings. The van der Waals surface area contributed by atoms with Crippen LogP contribution in [0.5, 0.6) is 5.75 Å². The number of ether oxygens (including phenoxy) is 1. The molecule has 0 fully saturated rings. The van der Waals surface area contributed by atoms with E-state index < -0.39 is 11.8 Å². The summed E-state index contributed by atoms with van der Waals surface area (Å²) in [5.41, 5.74) is 6.04. The van der Waals surface area contributed by atoms with E-state index in [0.29, 0.717) is 30.4 Å². The number of hydrogen-bond donors (Lipinski definition) is 3. The summed E-state index contributed by atoms with van der Waals surface area (Å²) in [6.45, 7) is 5.21. The van der Waals surface area contributed by atoms with E-state index in [1.807, 2.05) is 30.3 Å². The Labute approximate surface area is 177 Å². The fourth-order valence-electron chi connectivity index (χ4n) is 2.51. The fourth-order valence-corrected chi connectivity index (χ4v) is 2.51. The number of hydrogen-bond acceptors (Lipinski definition) is 4. The highest BCUT2D eigenvalue weighted by atomic mass is 16.5. The lowest BCUT2D eigenvalue weighted by Gasteiger charge is -2.10. The van der Waals surface area contributed by atoms with Crippen LogP contribution in [0, 0.1) is 5.92 Å². The van der Waals surface area contributed by atoms with Crippen molar-refractivity contribution in [2.75, 3.05) is 6.61 Å². The third-order valence-corrected chi connectivity index (χ3v) is 4.29. The van der Waals surface area contributed by atoms with Gasteiger partial charge in [-0.15, -0.1) is 0 Å². The third kappa shape index (κ3) is 8.77. The number of hydrazine groups is 1. The predicted molar refractivity (Wildman–Crippen MR) is 115 cm³/mol. The van der Waals surface area contributed by atoms with Crippen LogP contribution in [0.3, 0.4) is 0 Å². The molecule has 0 aliphatic carbocycles. The second-order valence-electron chi connectivity index (χ2n) is 7.32. The number of amides is 3. The van der Waals surface area contributed by atoms with Gasteiger partial charge in [-0.05, 0) is 36.1 Å². The molecule has 2 aromatic carbocycles. The highest BCUT2D eigenvalue weighted by Crippen LogP contribution is 2.14. The van der Waals surface area contributed by atoms with Gasteiger partial charge in [-0.3, -0.25) is 25.2 Å². The molecule has 0 spiro atoms. The lowest BCUT2D eigenvalue weighted by molar-refractivity contribution is -0.126. The topological polar surface area (TPSA) is 96.5 Å². The lowest BCUT2D eigenvalue weighted by atomic mass is 10.1. The average molecular weight is 412 g/mol. The minimum Gasteiger partial charge on any atom is -0.494 e. The van der Waals surface area contributed by atoms with Crippen molar-refractivity contribution in [3.63, 3.8) is 0 Å². The molecule has 0 radical (unpaired) electrons. The van der Waals surface area contributed by atoms with Crippen molar-refractivity contribution in [2.24, 2.45) is 5.92 Å². The predicted octanol–water partition coefficient (Wildman–Crippen LogP) is 2.97. The molecule has 2 rings (SSSR count). The van der Waals surface area contributed by atoms with Crippen molar-refractivity contribution >= 4 is 17.7 Å². The van der Waals surface area contributed by atoms with E-state index in [2.05, 4.69) is 30.0 Å². The molecule has 0 unspecified atom stereocenters. The van der Waals surface area contributed by atoms with Crippen molar-refractivity contribution in [3.8, 4) is 5.75 Å². The second kappa shape index (κ2) is 12.3. The Morgan fingerprint density at radius 1 is 0.900 bits per heavy atom. The van der Waals surface area contributed by atoms with E-state index in [9.17, 15) is 14.4 Å². The van der Waals surface area contributed by atoms with E-state index in [1.54, 1.807) is 24.3 Å². The van der Waals surface area contributed by atoms with Crippen LogP contribution in [0.2, 0.25) is 0 Å². The molecule has 30 heavy (non-hydrogen) atoms. The van der Waals surface area contributed by atoms with E-state index in [1.165, 1.54) is 0 Å². The Morgan fingerprint density at radius 3 is 2.37 bits per heavy atom. The standard InChI is InChI=1S/C23H29N3O4/c1-17(2)13-14-30-20-10-6-9-19(15-20)23(29)26-25-22(28)12-11-21(27)24-16-18-7-4-3-5-8-18/h3-10,15,17H,11-14,16H2,1-2H3,(H,24,27)(H,25,28)(H,26,29). The van der Waals surface area contributed by atoms with Crippen molar-refractivity contribution in [1.82, 2.24) is 16.2 Å². The van der Waals surface area contributed by atoms with Crippen LogP contribution in [0.15, 0.2) is 54.6 Å². The highest BCUT2D eigenvalue weighted by Gasteiger charge is 2.10. The lowest BCUT2D eigenvalue weighted by Crippen LogP contribution is -2.42. The van der Waals surface area contributed by atoms with Crippen LogP contribution >= 0.6 is 0 Å². The Balaban J connectivity index is 1.68. The summed E-state index contributed by atoms with van der Waals surface area (Å²) in [4.78, 5) is 36.0. The average Bonchev–Trinajstić information content (AvgIpc) is 2.75. The molecular formula is C23H29N3O4. The van der Waals surface area contributed by atoms with Gasteiger partial charge in [-0.25, -0.2) is 0 Å². The summed E-state index contributed by atoms with van der Waals surface area (Å²) < 4.78 is 5.64. The summed E-state index contributed by atoms with van der Waals surface area (Å²) in [7, 11) is 0. The van der Waals surface area contributed by atoms with Gasteiger partial charge in [0.2, 0.25) is 11.8 Å². The first kappa shape index (κ1) is 22.9. The zero-order chi connectivity index (χ0) is 21.8. The number of nitrogens with one attached hydrogen (secondary N) is 3. The highest BCUT2D eigenvalue weighted by molar-refractivity contribution is 5.96. The van der Waals surface area contributed by atoms with Gasteiger partial charge in [0.25, 0.3) is 5.91 Å². The first-order valence-electron chi connectivity index (χ1n) is 10.1. The quantitative estimate of drug-likeness (QED) is 0.524. The molecule has 0 aromatic heterocycles. The number of carbonyl (C=O) groups is 3. The first-order valence-corrected chi connectivity index (χ1v) is 10.1. The Hall–Kier alpha value is -3.35. The summed E-state index contributed by atoms with van der Waals surface area (Å²) in [6, 6.07) is 16.3. The largest absolute Gasteiger partial charge is 0.494 e. The molecular weight excluding hydrogens is 382 g/mol.